The number of alkyl halides is 3. The van der Waals surface area contributed by atoms with Crippen LogP contribution in [0.15, 0.2) is 18.2 Å². The summed E-state index contributed by atoms with van der Waals surface area (Å²) in [7, 11) is 0. The van der Waals surface area contributed by atoms with Crippen molar-refractivity contribution >= 4 is 11.7 Å². The SMILES string of the molecule is CC12CC(=O)CCN1C(=O)c1cc(C(F)(F)F)ccc12. The maximum absolute atomic E-state index is 12.7. The lowest BCUT2D eigenvalue weighted by atomic mass is 9.83. The Morgan fingerprint density at radius 2 is 1.95 bits per heavy atom. The molecule has 1 saturated heterocycles. The van der Waals surface area contributed by atoms with E-state index in [1.54, 1.807) is 6.92 Å². The molecule has 3 nitrogen and oxygen atoms in total. The lowest BCUT2D eigenvalue weighted by molar-refractivity contribution is -0.137. The number of halogens is 3. The molecule has 0 bridgehead atoms. The predicted molar refractivity (Wildman–Crippen MR) is 64.1 cm³/mol. The van der Waals surface area contributed by atoms with E-state index in [-0.39, 0.29) is 30.7 Å². The highest BCUT2D eigenvalue weighted by Gasteiger charge is 2.50. The monoisotopic (exact) mass is 283 g/mol. The first kappa shape index (κ1) is 13.1. The Morgan fingerprint density at radius 3 is 2.60 bits per heavy atom. The molecule has 6 heteroatoms. The van der Waals surface area contributed by atoms with E-state index < -0.39 is 23.2 Å². The first-order valence-electron chi connectivity index (χ1n) is 6.29. The molecule has 0 aromatic heterocycles. The van der Waals surface area contributed by atoms with E-state index in [1.807, 2.05) is 0 Å². The molecule has 0 radical (unpaired) electrons. The molecule has 0 N–H and O–H groups in total. The van der Waals surface area contributed by atoms with Crippen molar-refractivity contribution in [3.05, 3.63) is 34.9 Å². The Kier molecular flexibility index (Phi) is 2.52. The molecule has 1 aromatic carbocycles. The van der Waals surface area contributed by atoms with E-state index in [9.17, 15) is 22.8 Å². The van der Waals surface area contributed by atoms with Gasteiger partial charge in [-0.2, -0.15) is 13.2 Å². The summed E-state index contributed by atoms with van der Waals surface area (Å²) < 4.78 is 38.2. The van der Waals surface area contributed by atoms with E-state index in [4.69, 9.17) is 0 Å². The van der Waals surface area contributed by atoms with Gasteiger partial charge in [-0.3, -0.25) is 9.59 Å². The number of nitrogens with zero attached hydrogens (tertiary/aromatic N) is 1. The molecule has 2 heterocycles. The number of benzene rings is 1. The fourth-order valence-corrected chi connectivity index (χ4v) is 3.13. The number of fused-ring (bicyclic) bond motifs is 3. The number of piperidine rings is 1. The molecule has 20 heavy (non-hydrogen) atoms. The molecular formula is C14H12F3NO2. The minimum atomic E-state index is -4.48. The normalized spacial score (nSPS) is 25.7. The number of hydrogen-bond acceptors (Lipinski definition) is 2. The van der Waals surface area contributed by atoms with Crippen LogP contribution in [-0.4, -0.2) is 23.1 Å². The Morgan fingerprint density at radius 1 is 1.25 bits per heavy atom. The third kappa shape index (κ3) is 1.67. The Balaban J connectivity index is 2.14. The second kappa shape index (κ2) is 3.84. The van der Waals surface area contributed by atoms with Gasteiger partial charge in [0, 0.05) is 24.9 Å². The van der Waals surface area contributed by atoms with E-state index in [0.29, 0.717) is 5.56 Å². The summed E-state index contributed by atoms with van der Waals surface area (Å²) in [5.41, 5.74) is -1.05. The van der Waals surface area contributed by atoms with Gasteiger partial charge in [-0.1, -0.05) is 6.07 Å². The Labute approximate surface area is 113 Å². The molecule has 1 atom stereocenters. The highest BCUT2D eigenvalue weighted by Crippen LogP contribution is 2.45. The largest absolute Gasteiger partial charge is 0.416 e. The van der Waals surface area contributed by atoms with Crippen LogP contribution in [-0.2, 0) is 16.5 Å². The van der Waals surface area contributed by atoms with Crippen molar-refractivity contribution < 1.29 is 22.8 Å². The van der Waals surface area contributed by atoms with E-state index in [2.05, 4.69) is 0 Å². The first-order chi connectivity index (χ1) is 9.23. The van der Waals surface area contributed by atoms with Crippen molar-refractivity contribution in [2.24, 2.45) is 0 Å². The zero-order chi connectivity index (χ0) is 14.7. The van der Waals surface area contributed by atoms with Crippen molar-refractivity contribution in [3.63, 3.8) is 0 Å². The third-order valence-corrected chi connectivity index (χ3v) is 4.15. The molecule has 0 aliphatic carbocycles. The highest BCUT2D eigenvalue weighted by atomic mass is 19.4. The standard InChI is InChI=1S/C14H12F3NO2/c1-13-7-9(19)4-5-18(13)12(20)10-6-8(14(15,16)17)2-3-11(10)13/h2-3,6H,4-5,7H2,1H3. The van der Waals surface area contributed by atoms with Gasteiger partial charge in [0.05, 0.1) is 11.1 Å². The van der Waals surface area contributed by atoms with Crippen LogP contribution in [0.5, 0.6) is 0 Å². The van der Waals surface area contributed by atoms with Crippen LogP contribution in [0.2, 0.25) is 0 Å². The summed E-state index contributed by atoms with van der Waals surface area (Å²) >= 11 is 0. The minimum Gasteiger partial charge on any atom is -0.328 e. The van der Waals surface area contributed by atoms with Crippen molar-refractivity contribution in [1.29, 1.82) is 0 Å². The summed E-state index contributed by atoms with van der Waals surface area (Å²) in [5, 5.41) is 0. The molecule has 106 valence electrons. The van der Waals surface area contributed by atoms with Crippen LogP contribution in [0.25, 0.3) is 0 Å². The topological polar surface area (TPSA) is 37.4 Å². The number of carbonyl (C=O) groups is 2. The summed E-state index contributed by atoms with van der Waals surface area (Å²) in [6.45, 7) is 2.01. The summed E-state index contributed by atoms with van der Waals surface area (Å²) in [6.07, 6.45) is -4.05. The number of amides is 1. The van der Waals surface area contributed by atoms with Crippen LogP contribution in [0.1, 0.15) is 41.3 Å². The van der Waals surface area contributed by atoms with Gasteiger partial charge in [0.2, 0.25) is 0 Å². The number of Topliss-reactive ketones (excluding diaryl/α,β-unsaturated/α-hetero) is 1. The van der Waals surface area contributed by atoms with Gasteiger partial charge >= 0.3 is 6.18 Å². The van der Waals surface area contributed by atoms with Crippen molar-refractivity contribution in [3.8, 4) is 0 Å². The Bertz CT molecular complexity index is 623. The average molecular weight is 283 g/mol. The van der Waals surface area contributed by atoms with Crippen LogP contribution in [0, 0.1) is 0 Å². The molecule has 1 aromatic rings. The molecule has 2 aliphatic rings. The molecule has 1 unspecified atom stereocenters. The third-order valence-electron chi connectivity index (χ3n) is 4.15. The van der Waals surface area contributed by atoms with E-state index >= 15 is 0 Å². The quantitative estimate of drug-likeness (QED) is 0.734. The minimum absolute atomic E-state index is 0.0318. The summed E-state index contributed by atoms with van der Waals surface area (Å²) in [5.74, 6) is -0.384. The van der Waals surface area contributed by atoms with E-state index in [1.165, 1.54) is 11.0 Å². The van der Waals surface area contributed by atoms with Gasteiger partial charge in [-0.25, -0.2) is 0 Å². The van der Waals surface area contributed by atoms with Crippen LogP contribution >= 0.6 is 0 Å². The van der Waals surface area contributed by atoms with Gasteiger partial charge < -0.3 is 4.90 Å². The fraction of sp³-hybridized carbons (Fsp3) is 0.429. The van der Waals surface area contributed by atoms with Gasteiger partial charge in [0.15, 0.2) is 0 Å². The Hall–Kier alpha value is -1.85. The van der Waals surface area contributed by atoms with Gasteiger partial charge in [0.1, 0.15) is 5.78 Å². The van der Waals surface area contributed by atoms with Crippen LogP contribution in [0.3, 0.4) is 0 Å². The summed E-state index contributed by atoms with van der Waals surface area (Å²) in [6, 6.07) is 3.19. The highest BCUT2D eigenvalue weighted by molar-refractivity contribution is 6.02. The van der Waals surface area contributed by atoms with E-state index in [0.717, 1.165) is 12.1 Å². The maximum Gasteiger partial charge on any atom is 0.416 e. The molecule has 1 fully saturated rings. The molecule has 1 amide bonds. The number of rotatable bonds is 0. The van der Waals surface area contributed by atoms with Crippen LogP contribution < -0.4 is 0 Å². The molecule has 3 rings (SSSR count). The first-order valence-corrected chi connectivity index (χ1v) is 6.29. The van der Waals surface area contributed by atoms with Crippen LogP contribution in [0.4, 0.5) is 13.2 Å². The lowest BCUT2D eigenvalue weighted by Crippen LogP contribution is -2.47. The molecule has 0 spiro atoms. The van der Waals surface area contributed by atoms with Crippen molar-refractivity contribution in [2.45, 2.75) is 31.5 Å². The number of carbonyl (C=O) groups excluding carboxylic acids is 2. The van der Waals surface area contributed by atoms with Gasteiger partial charge in [0.25, 0.3) is 5.91 Å². The smallest absolute Gasteiger partial charge is 0.328 e. The summed E-state index contributed by atoms with van der Waals surface area (Å²) in [4.78, 5) is 25.4. The lowest BCUT2D eigenvalue weighted by Gasteiger charge is -2.39. The number of hydrogen-bond donors (Lipinski definition) is 0. The molecule has 2 aliphatic heterocycles. The van der Waals surface area contributed by atoms with Crippen molar-refractivity contribution in [1.82, 2.24) is 4.90 Å². The second-order valence-corrected chi connectivity index (χ2v) is 5.45. The predicted octanol–water partition coefficient (Wildman–Crippen LogP) is 2.74. The molecular weight excluding hydrogens is 271 g/mol. The molecule has 0 saturated carbocycles. The zero-order valence-corrected chi connectivity index (χ0v) is 10.8. The maximum atomic E-state index is 12.7. The van der Waals surface area contributed by atoms with Gasteiger partial charge in [-0.15, -0.1) is 0 Å². The van der Waals surface area contributed by atoms with Crippen molar-refractivity contribution in [2.75, 3.05) is 6.54 Å². The fourth-order valence-electron chi connectivity index (χ4n) is 3.13. The zero-order valence-electron chi connectivity index (χ0n) is 10.8. The van der Waals surface area contributed by atoms with Gasteiger partial charge in [-0.05, 0) is 24.6 Å². The number of ketones is 1. The second-order valence-electron chi connectivity index (χ2n) is 5.45. The average Bonchev–Trinajstić information content (AvgIpc) is 2.56.